The predicted octanol–water partition coefficient (Wildman–Crippen LogP) is 1.48. The second-order valence-electron chi connectivity index (χ2n) is 9.55. The van der Waals surface area contributed by atoms with E-state index in [1.165, 1.54) is 11.5 Å². The van der Waals surface area contributed by atoms with E-state index in [4.69, 9.17) is 0 Å². The van der Waals surface area contributed by atoms with Gasteiger partial charge in [0.05, 0.1) is 12.6 Å². The van der Waals surface area contributed by atoms with E-state index in [9.17, 15) is 9.90 Å². The van der Waals surface area contributed by atoms with Gasteiger partial charge in [-0.25, -0.2) is 4.98 Å². The number of aliphatic hydroxyl groups excluding tert-OH is 1. The summed E-state index contributed by atoms with van der Waals surface area (Å²) in [6.45, 7) is 15.7. The van der Waals surface area contributed by atoms with Gasteiger partial charge < -0.3 is 15.3 Å². The van der Waals surface area contributed by atoms with Crippen molar-refractivity contribution >= 4 is 22.6 Å². The number of nitrogens with zero attached hydrogens (tertiary/aromatic N) is 5. The topological polar surface area (TPSA) is 84.8 Å². The van der Waals surface area contributed by atoms with Crippen molar-refractivity contribution in [2.75, 3.05) is 44.6 Å². The minimum Gasteiger partial charge on any atom is -0.392 e. The van der Waals surface area contributed by atoms with Gasteiger partial charge in [-0.3, -0.25) is 14.6 Å². The number of nitrogens with one attached hydrogen (secondary N) is 1. The lowest BCUT2D eigenvalue weighted by atomic mass is 9.94. The molecule has 0 aliphatic carbocycles. The number of aliphatic hydroxyl groups is 1. The van der Waals surface area contributed by atoms with Gasteiger partial charge in [-0.1, -0.05) is 20.8 Å². The smallest absolute Gasteiger partial charge is 0.228 e. The highest BCUT2D eigenvalue weighted by molar-refractivity contribution is 7.09. The number of hydrogen-bond donors (Lipinski definition) is 2. The molecule has 0 unspecified atom stereocenters. The number of hydrogen-bond acceptors (Lipinski definition) is 8. The molecule has 29 heavy (non-hydrogen) atoms. The third-order valence-electron chi connectivity index (χ3n) is 5.72. The van der Waals surface area contributed by atoms with Crippen LogP contribution in [-0.4, -0.2) is 92.5 Å². The number of carbonyl (C=O) groups excluding carboxylic acids is 1. The Kier molecular flexibility index (Phi) is 7.14. The van der Waals surface area contributed by atoms with E-state index in [0.29, 0.717) is 12.1 Å². The van der Waals surface area contributed by atoms with Crippen LogP contribution in [0.4, 0.5) is 5.13 Å². The van der Waals surface area contributed by atoms with Gasteiger partial charge >= 0.3 is 0 Å². The van der Waals surface area contributed by atoms with E-state index in [-0.39, 0.29) is 17.4 Å². The lowest BCUT2D eigenvalue weighted by molar-refractivity contribution is -0.141. The molecule has 0 bridgehead atoms. The van der Waals surface area contributed by atoms with Gasteiger partial charge in [0.1, 0.15) is 0 Å². The van der Waals surface area contributed by atoms with Crippen molar-refractivity contribution in [2.45, 2.75) is 65.8 Å². The molecule has 0 spiro atoms. The second-order valence-corrected chi connectivity index (χ2v) is 10.3. The van der Waals surface area contributed by atoms with Crippen LogP contribution in [0.1, 0.15) is 46.9 Å². The van der Waals surface area contributed by atoms with E-state index in [1.807, 2.05) is 25.7 Å². The Morgan fingerprint density at radius 1 is 1.28 bits per heavy atom. The van der Waals surface area contributed by atoms with Gasteiger partial charge in [-0.05, 0) is 20.3 Å². The number of likely N-dealkylation sites (tertiary alicyclic amines) is 1. The minimum atomic E-state index is -0.320. The lowest BCUT2D eigenvalue weighted by Crippen LogP contribution is -2.51. The summed E-state index contributed by atoms with van der Waals surface area (Å²) >= 11 is 1.40. The number of piperazine rings is 1. The predicted molar refractivity (Wildman–Crippen MR) is 116 cm³/mol. The van der Waals surface area contributed by atoms with Crippen molar-refractivity contribution in [3.63, 3.8) is 0 Å². The second kappa shape index (κ2) is 9.24. The molecule has 3 rings (SSSR count). The highest BCUT2D eigenvalue weighted by Crippen LogP contribution is 2.22. The van der Waals surface area contributed by atoms with Crippen molar-refractivity contribution in [2.24, 2.45) is 5.41 Å². The molecular formula is C20H36N6O2S. The zero-order valence-corrected chi connectivity index (χ0v) is 19.2. The SMILES string of the molecule is CC(C)N1C[C@H](O)C[C@H]1CNc1nc(CN2CCN(C(=O)C(C)(C)C)CC2)ns1. The van der Waals surface area contributed by atoms with Gasteiger partial charge in [-0.2, -0.15) is 4.37 Å². The Bertz CT molecular complexity index is 681. The number of anilines is 1. The van der Waals surface area contributed by atoms with Crippen molar-refractivity contribution in [1.29, 1.82) is 0 Å². The monoisotopic (exact) mass is 424 g/mol. The van der Waals surface area contributed by atoms with E-state index in [0.717, 1.165) is 63.2 Å². The summed E-state index contributed by atoms with van der Waals surface area (Å²) in [5.41, 5.74) is -0.320. The average Bonchev–Trinajstić information content (AvgIpc) is 3.25. The molecule has 8 nitrogen and oxygen atoms in total. The Balaban J connectivity index is 1.45. The van der Waals surface area contributed by atoms with Crippen LogP contribution in [0.5, 0.6) is 0 Å². The summed E-state index contributed by atoms with van der Waals surface area (Å²) in [5.74, 6) is 1.06. The summed E-state index contributed by atoms with van der Waals surface area (Å²) in [5, 5.41) is 14.2. The van der Waals surface area contributed by atoms with E-state index in [1.54, 1.807) is 0 Å². The molecule has 3 heterocycles. The molecule has 0 aromatic carbocycles. The molecule has 0 saturated carbocycles. The molecule has 1 aromatic heterocycles. The Morgan fingerprint density at radius 2 is 1.97 bits per heavy atom. The van der Waals surface area contributed by atoms with Crippen LogP contribution in [0, 0.1) is 5.41 Å². The maximum absolute atomic E-state index is 12.4. The molecule has 0 radical (unpaired) electrons. The normalized spacial score (nSPS) is 24.4. The molecular weight excluding hydrogens is 388 g/mol. The first-order valence-corrected chi connectivity index (χ1v) is 11.4. The van der Waals surface area contributed by atoms with E-state index < -0.39 is 0 Å². The zero-order valence-electron chi connectivity index (χ0n) is 18.4. The lowest BCUT2D eigenvalue weighted by Gasteiger charge is -2.37. The number of rotatable bonds is 6. The first kappa shape index (κ1) is 22.4. The van der Waals surface area contributed by atoms with Gasteiger partial charge in [0.25, 0.3) is 0 Å². The Labute approximate surface area is 178 Å². The third-order valence-corrected chi connectivity index (χ3v) is 6.43. The van der Waals surface area contributed by atoms with Crippen molar-refractivity contribution < 1.29 is 9.90 Å². The largest absolute Gasteiger partial charge is 0.392 e. The molecule has 2 fully saturated rings. The van der Waals surface area contributed by atoms with Crippen LogP contribution in [0.15, 0.2) is 0 Å². The molecule has 9 heteroatoms. The fourth-order valence-electron chi connectivity index (χ4n) is 4.13. The van der Waals surface area contributed by atoms with E-state index in [2.05, 4.69) is 38.3 Å². The number of aromatic nitrogens is 2. The summed E-state index contributed by atoms with van der Waals surface area (Å²) < 4.78 is 4.50. The fourth-order valence-corrected chi connectivity index (χ4v) is 4.71. The molecule has 2 aliphatic heterocycles. The van der Waals surface area contributed by atoms with Gasteiger partial charge in [0.2, 0.25) is 11.0 Å². The Hall–Kier alpha value is -1.29. The number of β-amino-alcohol motifs (C(OH)–C–C–N with tert-alkyl or cyclic N) is 1. The summed E-state index contributed by atoms with van der Waals surface area (Å²) in [4.78, 5) is 23.7. The number of carbonyl (C=O) groups is 1. The van der Waals surface area contributed by atoms with Gasteiger partial charge in [-0.15, -0.1) is 0 Å². The van der Waals surface area contributed by atoms with Crippen LogP contribution in [0.25, 0.3) is 0 Å². The summed E-state index contributed by atoms with van der Waals surface area (Å²) in [7, 11) is 0. The van der Waals surface area contributed by atoms with Crippen molar-refractivity contribution in [1.82, 2.24) is 24.1 Å². The third kappa shape index (κ3) is 5.87. The maximum atomic E-state index is 12.4. The van der Waals surface area contributed by atoms with E-state index >= 15 is 0 Å². The van der Waals surface area contributed by atoms with Crippen LogP contribution in [-0.2, 0) is 11.3 Å². The van der Waals surface area contributed by atoms with Crippen LogP contribution in [0.2, 0.25) is 0 Å². The molecule has 1 amide bonds. The first-order valence-electron chi connectivity index (χ1n) is 10.7. The van der Waals surface area contributed by atoms with Gasteiger partial charge in [0, 0.05) is 68.3 Å². The Morgan fingerprint density at radius 3 is 2.59 bits per heavy atom. The average molecular weight is 425 g/mol. The standard InChI is InChI=1S/C20H36N6O2S/c1-14(2)26-12-16(27)10-15(26)11-21-19-22-17(23-29-19)13-24-6-8-25(9-7-24)18(28)20(3,4)5/h14-16,27H,6-13H2,1-5H3,(H,21,22,23)/t15-,16+/m0/s1. The van der Waals surface area contributed by atoms with Crippen LogP contribution >= 0.6 is 11.5 Å². The highest BCUT2D eigenvalue weighted by atomic mass is 32.1. The first-order chi connectivity index (χ1) is 13.6. The minimum absolute atomic E-state index is 0.225. The van der Waals surface area contributed by atoms with Crippen molar-refractivity contribution in [3.8, 4) is 0 Å². The maximum Gasteiger partial charge on any atom is 0.228 e. The molecule has 2 aliphatic rings. The zero-order chi connectivity index (χ0) is 21.2. The molecule has 2 saturated heterocycles. The molecule has 1 aromatic rings. The van der Waals surface area contributed by atoms with Gasteiger partial charge in [0.15, 0.2) is 5.82 Å². The summed E-state index contributed by atoms with van der Waals surface area (Å²) in [6.07, 6.45) is 0.562. The van der Waals surface area contributed by atoms with Crippen LogP contribution in [0.3, 0.4) is 0 Å². The summed E-state index contributed by atoms with van der Waals surface area (Å²) in [6, 6.07) is 0.749. The fraction of sp³-hybridized carbons (Fsp3) is 0.850. The molecule has 2 N–H and O–H groups in total. The quantitative estimate of drug-likeness (QED) is 0.716. The molecule has 164 valence electrons. The highest BCUT2D eigenvalue weighted by Gasteiger charge is 2.32. The number of amides is 1. The van der Waals surface area contributed by atoms with Crippen molar-refractivity contribution in [3.05, 3.63) is 5.82 Å². The molecule has 2 atom stereocenters. The van der Waals surface area contributed by atoms with Crippen LogP contribution < -0.4 is 5.32 Å².